The molecule has 2 atom stereocenters. The van der Waals surface area contributed by atoms with Crippen molar-refractivity contribution in [3.63, 3.8) is 0 Å². The number of aliphatic carboxylic acids is 1. The van der Waals surface area contributed by atoms with E-state index in [1.165, 1.54) is 6.08 Å². The molecule has 6 heteroatoms. The predicted octanol–water partition coefficient (Wildman–Crippen LogP) is 5.61. The molecule has 0 aromatic heterocycles. The number of carbonyl (C=O) groups is 2. The second-order valence-electron chi connectivity index (χ2n) is 7.32. The summed E-state index contributed by atoms with van der Waals surface area (Å²) in [4.78, 5) is 24.2. The summed E-state index contributed by atoms with van der Waals surface area (Å²) in [6.45, 7) is 2.05. The molecule has 0 aliphatic heterocycles. The van der Waals surface area contributed by atoms with Crippen molar-refractivity contribution in [1.29, 1.82) is 0 Å². The molecule has 3 rings (SSSR count). The van der Waals surface area contributed by atoms with E-state index in [1.54, 1.807) is 24.3 Å². The summed E-state index contributed by atoms with van der Waals surface area (Å²) >= 11 is 3.44. The maximum atomic E-state index is 12.6. The number of hydrogen-bond donors (Lipinski definition) is 2. The minimum atomic E-state index is -1.16. The largest absolute Gasteiger partial charge is 0.477 e. The average molecular weight is 458 g/mol. The summed E-state index contributed by atoms with van der Waals surface area (Å²) in [5, 5.41) is 12.1. The molecular weight excluding hydrogens is 434 g/mol. The standard InChI is InChI=1S/C23H24BrNO4/c1-15-6-2-3-7-18(15)22(26)25-20(23(27)28)14-16-10-12-17(13-11-16)29-21-9-5-4-8-19(21)24/h4-5,8-15,18H,2-3,6-7H2,1H3,(H,25,26)(H,27,28). The van der Waals surface area contributed by atoms with Crippen molar-refractivity contribution in [1.82, 2.24) is 5.32 Å². The Hall–Kier alpha value is -2.60. The van der Waals surface area contributed by atoms with Gasteiger partial charge in [0.1, 0.15) is 17.2 Å². The van der Waals surface area contributed by atoms with Gasteiger partial charge in [0.15, 0.2) is 0 Å². The molecule has 2 aromatic carbocycles. The number of rotatable bonds is 6. The number of nitrogens with one attached hydrogen (secondary N) is 1. The normalized spacial score (nSPS) is 19.4. The molecule has 29 heavy (non-hydrogen) atoms. The van der Waals surface area contributed by atoms with Gasteiger partial charge in [0.25, 0.3) is 0 Å². The fourth-order valence-corrected chi connectivity index (χ4v) is 3.90. The van der Waals surface area contributed by atoms with E-state index in [4.69, 9.17) is 4.74 Å². The number of amides is 1. The van der Waals surface area contributed by atoms with Crippen LogP contribution >= 0.6 is 15.9 Å². The van der Waals surface area contributed by atoms with E-state index < -0.39 is 5.97 Å². The molecule has 1 saturated carbocycles. The van der Waals surface area contributed by atoms with Crippen molar-refractivity contribution >= 4 is 33.9 Å². The maximum Gasteiger partial charge on any atom is 0.352 e. The Morgan fingerprint density at radius 1 is 1.10 bits per heavy atom. The first kappa shape index (κ1) is 21.1. The highest BCUT2D eigenvalue weighted by atomic mass is 79.9. The highest BCUT2D eigenvalue weighted by Gasteiger charge is 2.28. The van der Waals surface area contributed by atoms with Crippen LogP contribution in [0.4, 0.5) is 0 Å². The molecule has 1 aliphatic rings. The number of carboxylic acid groups (broad SMARTS) is 1. The Morgan fingerprint density at radius 3 is 2.45 bits per heavy atom. The van der Waals surface area contributed by atoms with Gasteiger partial charge in [0.2, 0.25) is 5.91 Å². The number of ether oxygens (including phenoxy) is 1. The van der Waals surface area contributed by atoms with Gasteiger partial charge in [-0.05, 0) is 70.6 Å². The van der Waals surface area contributed by atoms with Crippen molar-refractivity contribution in [2.75, 3.05) is 0 Å². The first-order valence-corrected chi connectivity index (χ1v) is 10.5. The Labute approximate surface area is 178 Å². The lowest BCUT2D eigenvalue weighted by molar-refractivity contribution is -0.135. The van der Waals surface area contributed by atoms with E-state index in [1.807, 2.05) is 24.3 Å². The van der Waals surface area contributed by atoms with Crippen molar-refractivity contribution in [2.45, 2.75) is 32.6 Å². The zero-order chi connectivity index (χ0) is 20.8. The second kappa shape index (κ2) is 9.74. The van der Waals surface area contributed by atoms with Gasteiger partial charge in [0, 0.05) is 5.92 Å². The Bertz CT molecular complexity index is 907. The fourth-order valence-electron chi connectivity index (χ4n) is 3.54. The number of halogens is 1. The van der Waals surface area contributed by atoms with Gasteiger partial charge in [-0.1, -0.05) is 44.0 Å². The van der Waals surface area contributed by atoms with E-state index in [-0.39, 0.29) is 23.4 Å². The highest BCUT2D eigenvalue weighted by Crippen LogP contribution is 2.31. The smallest absolute Gasteiger partial charge is 0.352 e. The molecule has 0 bridgehead atoms. The van der Waals surface area contributed by atoms with Crippen LogP contribution < -0.4 is 10.1 Å². The molecule has 2 N–H and O–H groups in total. The monoisotopic (exact) mass is 457 g/mol. The molecule has 0 spiro atoms. The Balaban J connectivity index is 1.71. The third kappa shape index (κ3) is 5.70. The van der Waals surface area contributed by atoms with Crippen LogP contribution in [0, 0.1) is 11.8 Å². The van der Waals surface area contributed by atoms with Gasteiger partial charge in [-0.2, -0.15) is 0 Å². The van der Waals surface area contributed by atoms with Crippen molar-refractivity contribution in [2.24, 2.45) is 11.8 Å². The Morgan fingerprint density at radius 2 is 1.79 bits per heavy atom. The van der Waals surface area contributed by atoms with Crippen LogP contribution in [0.3, 0.4) is 0 Å². The summed E-state index contributed by atoms with van der Waals surface area (Å²) in [5.41, 5.74) is 0.547. The first-order chi connectivity index (χ1) is 13.9. The topological polar surface area (TPSA) is 75.6 Å². The second-order valence-corrected chi connectivity index (χ2v) is 8.18. The van der Waals surface area contributed by atoms with Crippen LogP contribution in [0.15, 0.2) is 58.7 Å². The van der Waals surface area contributed by atoms with E-state index in [2.05, 4.69) is 28.2 Å². The van der Waals surface area contributed by atoms with Crippen LogP contribution in [0.25, 0.3) is 6.08 Å². The van der Waals surface area contributed by atoms with Crippen LogP contribution in [-0.4, -0.2) is 17.0 Å². The number of benzene rings is 2. The van der Waals surface area contributed by atoms with Gasteiger partial charge in [-0.25, -0.2) is 4.79 Å². The molecule has 0 heterocycles. The first-order valence-electron chi connectivity index (χ1n) is 9.72. The minimum absolute atomic E-state index is 0.118. The summed E-state index contributed by atoms with van der Waals surface area (Å²) < 4.78 is 6.66. The minimum Gasteiger partial charge on any atom is -0.477 e. The van der Waals surface area contributed by atoms with Crippen LogP contribution in [-0.2, 0) is 9.59 Å². The lowest BCUT2D eigenvalue weighted by Crippen LogP contribution is -2.37. The average Bonchev–Trinajstić information content (AvgIpc) is 2.70. The van der Waals surface area contributed by atoms with Crippen LogP contribution in [0.5, 0.6) is 11.5 Å². The summed E-state index contributed by atoms with van der Waals surface area (Å²) in [6, 6.07) is 14.6. The lowest BCUT2D eigenvalue weighted by atomic mass is 9.80. The number of carbonyl (C=O) groups excluding carboxylic acids is 1. The highest BCUT2D eigenvalue weighted by molar-refractivity contribution is 9.10. The Kier molecular flexibility index (Phi) is 7.09. The lowest BCUT2D eigenvalue weighted by Gasteiger charge is -2.27. The van der Waals surface area contributed by atoms with Gasteiger partial charge >= 0.3 is 5.97 Å². The van der Waals surface area contributed by atoms with E-state index in [9.17, 15) is 14.7 Å². The van der Waals surface area contributed by atoms with E-state index in [0.717, 1.165) is 30.2 Å². The molecule has 2 unspecified atom stereocenters. The number of hydrogen-bond acceptors (Lipinski definition) is 3. The van der Waals surface area contributed by atoms with E-state index >= 15 is 0 Å². The van der Waals surface area contributed by atoms with Crippen molar-refractivity contribution in [3.05, 3.63) is 64.3 Å². The van der Waals surface area contributed by atoms with Crippen molar-refractivity contribution < 1.29 is 19.4 Å². The number of para-hydroxylation sites is 1. The molecule has 1 aliphatic carbocycles. The molecule has 0 radical (unpaired) electrons. The molecule has 152 valence electrons. The van der Waals surface area contributed by atoms with Crippen molar-refractivity contribution in [3.8, 4) is 11.5 Å². The SMILES string of the molecule is CC1CCCCC1C(=O)NC(=Cc1ccc(Oc2ccccc2Br)cc1)C(=O)O. The van der Waals surface area contributed by atoms with Crippen LogP contribution in [0.2, 0.25) is 0 Å². The fraction of sp³-hybridized carbons (Fsp3) is 0.304. The quantitative estimate of drug-likeness (QED) is 0.552. The van der Waals surface area contributed by atoms with Gasteiger partial charge < -0.3 is 15.2 Å². The predicted molar refractivity (Wildman–Crippen MR) is 116 cm³/mol. The number of carboxylic acids is 1. The summed E-state index contributed by atoms with van der Waals surface area (Å²) in [6.07, 6.45) is 5.41. The van der Waals surface area contributed by atoms with E-state index in [0.29, 0.717) is 17.1 Å². The van der Waals surface area contributed by atoms with Crippen LogP contribution in [0.1, 0.15) is 38.2 Å². The molecule has 5 nitrogen and oxygen atoms in total. The zero-order valence-corrected chi connectivity index (χ0v) is 17.8. The third-order valence-corrected chi connectivity index (χ3v) is 5.85. The molecule has 1 fully saturated rings. The molecule has 0 saturated heterocycles. The summed E-state index contributed by atoms with van der Waals surface area (Å²) in [7, 11) is 0. The maximum absolute atomic E-state index is 12.6. The van der Waals surface area contributed by atoms with Gasteiger partial charge in [-0.15, -0.1) is 0 Å². The zero-order valence-electron chi connectivity index (χ0n) is 16.2. The third-order valence-electron chi connectivity index (χ3n) is 5.19. The van der Waals surface area contributed by atoms with Gasteiger partial charge in [-0.3, -0.25) is 4.79 Å². The molecule has 1 amide bonds. The molecule has 2 aromatic rings. The summed E-state index contributed by atoms with van der Waals surface area (Å²) in [5.74, 6) is 0.0936. The molecular formula is C23H24BrNO4. The van der Waals surface area contributed by atoms with Gasteiger partial charge in [0.05, 0.1) is 4.47 Å².